The maximum absolute atomic E-state index is 13.2. The van der Waals surface area contributed by atoms with E-state index in [0.717, 1.165) is 25.7 Å². The summed E-state index contributed by atoms with van der Waals surface area (Å²) in [5, 5.41) is 24.6. The fraction of sp³-hybridized carbons (Fsp3) is 0.300. The second-order valence-electron chi connectivity index (χ2n) is 9.08. The minimum absolute atomic E-state index is 0.00350. The Morgan fingerprint density at radius 3 is 2.00 bits per heavy atom. The number of nitrogens with zero attached hydrogens (tertiary/aromatic N) is 1. The van der Waals surface area contributed by atoms with Crippen LogP contribution in [0.1, 0.15) is 66.7 Å². The van der Waals surface area contributed by atoms with Crippen LogP contribution in [-0.4, -0.2) is 40.7 Å². The number of phenols is 2. The number of Topliss-reactive ketones (excluding diaryl/α,β-unsaturated/α-hetero) is 2. The highest BCUT2D eigenvalue weighted by atomic mass is 16.5. The van der Waals surface area contributed by atoms with E-state index in [-0.39, 0.29) is 28.9 Å². The van der Waals surface area contributed by atoms with Gasteiger partial charge in [0.15, 0.2) is 11.5 Å². The van der Waals surface area contributed by atoms with Crippen molar-refractivity contribution in [3.8, 4) is 23.0 Å². The molecule has 0 saturated heterocycles. The van der Waals surface area contributed by atoms with E-state index in [9.17, 15) is 19.8 Å². The summed E-state index contributed by atoms with van der Waals surface area (Å²) in [6, 6.07) is 15.2. The van der Waals surface area contributed by atoms with Gasteiger partial charge in [-0.1, -0.05) is 26.7 Å². The molecular weight excluding hydrogens is 484 g/mol. The maximum atomic E-state index is 13.2. The van der Waals surface area contributed by atoms with Crippen molar-refractivity contribution in [2.24, 2.45) is 4.99 Å². The Morgan fingerprint density at radius 2 is 1.42 bits per heavy atom. The highest BCUT2D eigenvalue weighted by Crippen LogP contribution is 2.41. The Kier molecular flexibility index (Phi) is 8.63. The van der Waals surface area contributed by atoms with Crippen LogP contribution in [0.4, 0.5) is 17.1 Å². The van der Waals surface area contributed by atoms with Crippen LogP contribution in [0.25, 0.3) is 0 Å². The van der Waals surface area contributed by atoms with Gasteiger partial charge in [0.25, 0.3) is 0 Å². The summed E-state index contributed by atoms with van der Waals surface area (Å²) in [4.78, 5) is 30.5. The third kappa shape index (κ3) is 6.14. The molecular formula is C30H32N2O6. The average molecular weight is 517 g/mol. The highest BCUT2D eigenvalue weighted by molar-refractivity contribution is 6.54. The standard InChI is InChI=1S/C30H32N2O6/c1-3-5-15-37-21-11-7-19(8-12-21)31-23-17-25(33)28-27(29(23)35)26(34)18-24(30(28)36)32-20-9-13-22(14-10-20)38-16-6-4-2/h7-14,17,31,33,35H,3-6,15-16,18H2,1-2H3. The van der Waals surface area contributed by atoms with Crippen LogP contribution in [-0.2, 0) is 0 Å². The van der Waals surface area contributed by atoms with E-state index in [0.29, 0.717) is 36.1 Å². The Bertz CT molecular complexity index is 1330. The molecule has 0 unspecified atom stereocenters. The largest absolute Gasteiger partial charge is 0.507 e. The summed E-state index contributed by atoms with van der Waals surface area (Å²) in [6.07, 6.45) is 3.69. The SMILES string of the molecule is CCCCOc1ccc(N=C2CC(=O)c3c(O)c(Nc4ccc(OCCCC)cc4)cc(O)c3C2=O)cc1. The topological polar surface area (TPSA) is 117 Å². The minimum Gasteiger partial charge on any atom is -0.507 e. The number of anilines is 2. The van der Waals surface area contributed by atoms with E-state index in [4.69, 9.17) is 9.47 Å². The van der Waals surface area contributed by atoms with Crippen molar-refractivity contribution in [2.45, 2.75) is 46.0 Å². The summed E-state index contributed by atoms with van der Waals surface area (Å²) in [7, 11) is 0. The van der Waals surface area contributed by atoms with Crippen LogP contribution < -0.4 is 14.8 Å². The van der Waals surface area contributed by atoms with Crippen molar-refractivity contribution in [3.63, 3.8) is 0 Å². The average Bonchev–Trinajstić information content (AvgIpc) is 2.91. The van der Waals surface area contributed by atoms with E-state index < -0.39 is 23.1 Å². The molecule has 0 bridgehead atoms. The number of aromatic hydroxyl groups is 2. The molecule has 0 aromatic heterocycles. The van der Waals surface area contributed by atoms with Gasteiger partial charge in [-0.3, -0.25) is 9.59 Å². The fourth-order valence-corrected chi connectivity index (χ4v) is 4.04. The molecule has 8 heteroatoms. The zero-order valence-electron chi connectivity index (χ0n) is 21.6. The highest BCUT2D eigenvalue weighted by Gasteiger charge is 2.35. The molecule has 0 heterocycles. The Balaban J connectivity index is 1.54. The van der Waals surface area contributed by atoms with Gasteiger partial charge in [-0.15, -0.1) is 0 Å². The lowest BCUT2D eigenvalue weighted by Crippen LogP contribution is -2.27. The van der Waals surface area contributed by atoms with Gasteiger partial charge >= 0.3 is 0 Å². The number of phenolic OH excluding ortho intramolecular Hbond substituents is 2. The van der Waals surface area contributed by atoms with E-state index in [1.807, 2.05) is 0 Å². The molecule has 3 aromatic carbocycles. The smallest absolute Gasteiger partial charge is 0.212 e. The first kappa shape index (κ1) is 26.7. The number of nitrogens with one attached hydrogen (secondary N) is 1. The number of hydrogen-bond acceptors (Lipinski definition) is 8. The van der Waals surface area contributed by atoms with E-state index in [2.05, 4.69) is 24.2 Å². The van der Waals surface area contributed by atoms with Crippen LogP contribution in [0.5, 0.6) is 23.0 Å². The molecule has 4 rings (SSSR count). The van der Waals surface area contributed by atoms with Gasteiger partial charge in [0.1, 0.15) is 17.2 Å². The molecule has 3 aromatic rings. The second-order valence-corrected chi connectivity index (χ2v) is 9.08. The lowest BCUT2D eigenvalue weighted by Gasteiger charge is -2.20. The zero-order chi connectivity index (χ0) is 27.1. The van der Waals surface area contributed by atoms with Gasteiger partial charge in [-0.05, 0) is 61.4 Å². The summed E-state index contributed by atoms with van der Waals surface area (Å²) in [6.45, 7) is 5.42. The minimum atomic E-state index is -0.601. The molecule has 0 spiro atoms. The molecule has 38 heavy (non-hydrogen) atoms. The van der Waals surface area contributed by atoms with Crippen molar-refractivity contribution >= 4 is 34.3 Å². The summed E-state index contributed by atoms with van der Waals surface area (Å²) in [5.74, 6) is -0.505. The Labute approximate surface area is 222 Å². The first-order valence-electron chi connectivity index (χ1n) is 12.9. The third-order valence-electron chi connectivity index (χ3n) is 6.14. The number of ether oxygens (including phenoxy) is 2. The number of benzene rings is 3. The number of ketones is 2. The monoisotopic (exact) mass is 516 g/mol. The molecule has 0 aliphatic heterocycles. The number of hydrogen-bond donors (Lipinski definition) is 3. The van der Waals surface area contributed by atoms with Gasteiger partial charge in [-0.25, -0.2) is 4.99 Å². The maximum Gasteiger partial charge on any atom is 0.212 e. The number of carbonyl (C=O) groups excluding carboxylic acids is 2. The summed E-state index contributed by atoms with van der Waals surface area (Å²) < 4.78 is 11.3. The van der Waals surface area contributed by atoms with Gasteiger partial charge < -0.3 is 25.0 Å². The zero-order valence-corrected chi connectivity index (χ0v) is 21.6. The first-order chi connectivity index (χ1) is 18.4. The first-order valence-corrected chi connectivity index (χ1v) is 12.9. The molecule has 0 radical (unpaired) electrons. The van der Waals surface area contributed by atoms with Crippen LogP contribution in [0.15, 0.2) is 59.6 Å². The van der Waals surface area contributed by atoms with Gasteiger partial charge in [-0.2, -0.15) is 0 Å². The van der Waals surface area contributed by atoms with Crippen LogP contribution in [0, 0.1) is 0 Å². The number of aliphatic imine (C=N–C) groups is 1. The molecule has 1 aliphatic rings. The molecule has 0 saturated carbocycles. The number of fused-ring (bicyclic) bond motifs is 1. The van der Waals surface area contributed by atoms with E-state index >= 15 is 0 Å². The molecule has 0 fully saturated rings. The fourth-order valence-electron chi connectivity index (χ4n) is 4.04. The van der Waals surface area contributed by atoms with Crippen molar-refractivity contribution in [3.05, 3.63) is 65.7 Å². The molecule has 198 valence electrons. The van der Waals surface area contributed by atoms with E-state index in [1.165, 1.54) is 6.07 Å². The number of unbranched alkanes of at least 4 members (excludes halogenated alkanes) is 2. The van der Waals surface area contributed by atoms with Gasteiger partial charge in [0.05, 0.1) is 47.8 Å². The second kappa shape index (κ2) is 12.3. The van der Waals surface area contributed by atoms with Crippen molar-refractivity contribution in [1.29, 1.82) is 0 Å². The van der Waals surface area contributed by atoms with Crippen LogP contribution in [0.2, 0.25) is 0 Å². The van der Waals surface area contributed by atoms with Crippen LogP contribution in [0.3, 0.4) is 0 Å². The summed E-state index contributed by atoms with van der Waals surface area (Å²) in [5.41, 5.74) is 0.744. The molecule has 1 aliphatic carbocycles. The molecule has 0 amide bonds. The Hall–Kier alpha value is -4.33. The summed E-state index contributed by atoms with van der Waals surface area (Å²) >= 11 is 0. The lowest BCUT2D eigenvalue weighted by molar-refractivity contribution is 0.0960. The van der Waals surface area contributed by atoms with Crippen molar-refractivity contribution in [2.75, 3.05) is 18.5 Å². The van der Waals surface area contributed by atoms with E-state index in [1.54, 1.807) is 48.5 Å². The van der Waals surface area contributed by atoms with Gasteiger partial charge in [0, 0.05) is 11.8 Å². The van der Waals surface area contributed by atoms with Crippen LogP contribution >= 0.6 is 0 Å². The van der Waals surface area contributed by atoms with Crippen molar-refractivity contribution < 1.29 is 29.3 Å². The predicted octanol–water partition coefficient (Wildman–Crippen LogP) is 6.74. The normalized spacial score (nSPS) is 13.9. The molecule has 3 N–H and O–H groups in total. The number of rotatable bonds is 11. The van der Waals surface area contributed by atoms with Gasteiger partial charge in [0.2, 0.25) is 5.78 Å². The molecule has 0 atom stereocenters. The quantitative estimate of drug-likeness (QED) is 0.147. The third-order valence-corrected chi connectivity index (χ3v) is 6.14. The predicted molar refractivity (Wildman–Crippen MR) is 147 cm³/mol. The van der Waals surface area contributed by atoms with Crippen molar-refractivity contribution in [1.82, 2.24) is 0 Å². The lowest BCUT2D eigenvalue weighted by atomic mass is 9.86. The Morgan fingerprint density at radius 1 is 0.842 bits per heavy atom. The molecule has 8 nitrogen and oxygen atoms in total. The number of carbonyl (C=O) groups is 2.